The van der Waals surface area contributed by atoms with Crippen LogP contribution in [0.25, 0.3) is 0 Å². The van der Waals surface area contributed by atoms with Gasteiger partial charge in [0.1, 0.15) is 11.8 Å². The van der Waals surface area contributed by atoms with E-state index in [1.165, 1.54) is 0 Å². The highest BCUT2D eigenvalue weighted by molar-refractivity contribution is 5.84. The highest BCUT2D eigenvalue weighted by Gasteiger charge is 2.21. The maximum atomic E-state index is 11.9. The van der Waals surface area contributed by atoms with E-state index < -0.39 is 12.0 Å². The highest BCUT2D eigenvalue weighted by Crippen LogP contribution is 2.13. The predicted molar refractivity (Wildman–Crippen MR) is 75.7 cm³/mol. The van der Waals surface area contributed by atoms with E-state index in [0.29, 0.717) is 12.2 Å². The van der Waals surface area contributed by atoms with Gasteiger partial charge in [-0.3, -0.25) is 4.79 Å². The molecule has 5 heteroatoms. The number of methoxy groups -OCH3 is 1. The van der Waals surface area contributed by atoms with E-state index in [-0.39, 0.29) is 18.2 Å². The number of rotatable bonds is 7. The lowest BCUT2D eigenvalue weighted by molar-refractivity contribution is -0.142. The van der Waals surface area contributed by atoms with Crippen molar-refractivity contribution in [3.05, 3.63) is 29.8 Å². The Kier molecular flexibility index (Phi) is 6.03. The van der Waals surface area contributed by atoms with Crippen molar-refractivity contribution in [2.24, 2.45) is 5.92 Å². The third-order valence-corrected chi connectivity index (χ3v) is 2.84. The third-order valence-electron chi connectivity index (χ3n) is 2.84. The number of carboxylic acids is 1. The molecule has 5 nitrogen and oxygen atoms in total. The minimum absolute atomic E-state index is 0.138. The van der Waals surface area contributed by atoms with Crippen molar-refractivity contribution in [2.75, 3.05) is 7.11 Å². The van der Waals surface area contributed by atoms with Crippen LogP contribution >= 0.6 is 0 Å². The summed E-state index contributed by atoms with van der Waals surface area (Å²) in [6.45, 7) is 3.84. The van der Waals surface area contributed by atoms with Gasteiger partial charge in [0.2, 0.25) is 5.91 Å². The molecule has 20 heavy (non-hydrogen) atoms. The monoisotopic (exact) mass is 279 g/mol. The summed E-state index contributed by atoms with van der Waals surface area (Å²) in [5.41, 5.74) is 0.788. The molecule has 0 saturated heterocycles. The summed E-state index contributed by atoms with van der Waals surface area (Å²) in [6, 6.07) is 6.32. The van der Waals surface area contributed by atoms with Crippen molar-refractivity contribution >= 4 is 11.9 Å². The number of amides is 1. The first kappa shape index (κ1) is 16.0. The zero-order valence-electron chi connectivity index (χ0n) is 12.1. The molecular weight excluding hydrogens is 258 g/mol. The topological polar surface area (TPSA) is 75.6 Å². The van der Waals surface area contributed by atoms with Crippen molar-refractivity contribution in [1.29, 1.82) is 0 Å². The highest BCUT2D eigenvalue weighted by atomic mass is 16.5. The Morgan fingerprint density at radius 3 is 2.60 bits per heavy atom. The molecule has 0 radical (unpaired) electrons. The Labute approximate surface area is 118 Å². The number of nitrogens with one attached hydrogen (secondary N) is 1. The number of ether oxygens (including phenoxy) is 1. The fourth-order valence-electron chi connectivity index (χ4n) is 1.91. The first-order valence-corrected chi connectivity index (χ1v) is 6.57. The second-order valence-corrected chi connectivity index (χ2v) is 5.12. The fraction of sp³-hybridized carbons (Fsp3) is 0.467. The Morgan fingerprint density at radius 1 is 1.35 bits per heavy atom. The number of hydrogen-bond donors (Lipinski definition) is 2. The summed E-state index contributed by atoms with van der Waals surface area (Å²) in [5.74, 6) is -0.426. The Bertz CT molecular complexity index is 471. The lowest BCUT2D eigenvalue weighted by Crippen LogP contribution is -2.42. The molecule has 1 unspecified atom stereocenters. The molecular formula is C15H21NO4. The maximum Gasteiger partial charge on any atom is 0.326 e. The van der Waals surface area contributed by atoms with E-state index >= 15 is 0 Å². The van der Waals surface area contributed by atoms with Crippen molar-refractivity contribution in [3.8, 4) is 5.75 Å². The summed E-state index contributed by atoms with van der Waals surface area (Å²) < 4.78 is 5.08. The van der Waals surface area contributed by atoms with Crippen molar-refractivity contribution < 1.29 is 19.4 Å². The molecule has 0 aliphatic heterocycles. The summed E-state index contributed by atoms with van der Waals surface area (Å²) in [6.07, 6.45) is 0.554. The number of benzene rings is 1. The lowest BCUT2D eigenvalue weighted by Gasteiger charge is -2.16. The van der Waals surface area contributed by atoms with Gasteiger partial charge in [0.25, 0.3) is 0 Å². The molecule has 0 spiro atoms. The van der Waals surface area contributed by atoms with Gasteiger partial charge in [-0.15, -0.1) is 0 Å². The number of carbonyl (C=O) groups excluding carboxylic acids is 1. The average Bonchev–Trinajstić information content (AvgIpc) is 2.37. The van der Waals surface area contributed by atoms with Crippen LogP contribution in [0.3, 0.4) is 0 Å². The van der Waals surface area contributed by atoms with Crippen molar-refractivity contribution in [3.63, 3.8) is 0 Å². The second-order valence-electron chi connectivity index (χ2n) is 5.12. The predicted octanol–water partition coefficient (Wildman–Crippen LogP) is 1.85. The molecule has 1 aromatic rings. The number of hydrogen-bond acceptors (Lipinski definition) is 3. The molecule has 0 aliphatic carbocycles. The SMILES string of the molecule is COc1cccc(CC(=O)NC(CC(C)C)C(=O)O)c1. The van der Waals surface area contributed by atoms with Crippen LogP contribution in [0.5, 0.6) is 5.75 Å². The van der Waals surface area contributed by atoms with Gasteiger partial charge in [0, 0.05) is 0 Å². The molecule has 110 valence electrons. The Hall–Kier alpha value is -2.04. The minimum Gasteiger partial charge on any atom is -0.497 e. The zero-order valence-corrected chi connectivity index (χ0v) is 12.1. The molecule has 0 aliphatic rings. The van der Waals surface area contributed by atoms with E-state index in [0.717, 1.165) is 5.56 Å². The molecule has 2 N–H and O–H groups in total. The molecule has 0 fully saturated rings. The minimum atomic E-state index is -1.00. The molecule has 0 saturated carbocycles. The van der Waals surface area contributed by atoms with E-state index in [2.05, 4.69) is 5.32 Å². The molecule has 1 amide bonds. The van der Waals surface area contributed by atoms with Gasteiger partial charge in [-0.1, -0.05) is 26.0 Å². The van der Waals surface area contributed by atoms with Crippen LogP contribution < -0.4 is 10.1 Å². The lowest BCUT2D eigenvalue weighted by atomic mass is 10.0. The summed E-state index contributed by atoms with van der Waals surface area (Å²) in [5, 5.41) is 11.6. The molecule has 0 aromatic heterocycles. The van der Waals surface area contributed by atoms with E-state index in [1.54, 1.807) is 31.4 Å². The Morgan fingerprint density at radius 2 is 2.05 bits per heavy atom. The standard InChI is InChI=1S/C15H21NO4/c1-10(2)7-13(15(18)19)16-14(17)9-11-5-4-6-12(8-11)20-3/h4-6,8,10,13H,7,9H2,1-3H3,(H,16,17)(H,18,19). The summed E-state index contributed by atoms with van der Waals surface area (Å²) in [4.78, 5) is 23.0. The van der Waals surface area contributed by atoms with E-state index in [1.807, 2.05) is 13.8 Å². The van der Waals surface area contributed by atoms with Crippen molar-refractivity contribution in [2.45, 2.75) is 32.7 Å². The van der Waals surface area contributed by atoms with Gasteiger partial charge in [-0.05, 0) is 30.0 Å². The quantitative estimate of drug-likeness (QED) is 0.798. The second kappa shape index (κ2) is 7.53. The third kappa shape index (κ3) is 5.30. The Balaban J connectivity index is 2.63. The van der Waals surface area contributed by atoms with Crippen LogP contribution in [0, 0.1) is 5.92 Å². The number of carbonyl (C=O) groups is 2. The molecule has 1 rings (SSSR count). The summed E-state index contributed by atoms with van der Waals surface area (Å²) in [7, 11) is 1.56. The number of aliphatic carboxylic acids is 1. The van der Waals surface area contributed by atoms with E-state index in [9.17, 15) is 9.59 Å². The van der Waals surface area contributed by atoms with Crippen LogP contribution in [-0.2, 0) is 16.0 Å². The van der Waals surface area contributed by atoms with Crippen LogP contribution in [0.1, 0.15) is 25.8 Å². The smallest absolute Gasteiger partial charge is 0.326 e. The van der Waals surface area contributed by atoms with Crippen LogP contribution in [-0.4, -0.2) is 30.1 Å². The normalized spacial score (nSPS) is 12.0. The zero-order chi connectivity index (χ0) is 15.1. The first-order valence-electron chi connectivity index (χ1n) is 6.57. The first-order chi connectivity index (χ1) is 9.42. The van der Waals surface area contributed by atoms with Gasteiger partial charge >= 0.3 is 5.97 Å². The molecule has 1 aromatic carbocycles. The van der Waals surface area contributed by atoms with Gasteiger partial charge in [0.05, 0.1) is 13.5 Å². The average molecular weight is 279 g/mol. The molecule has 0 heterocycles. The van der Waals surface area contributed by atoms with Crippen LogP contribution in [0.15, 0.2) is 24.3 Å². The van der Waals surface area contributed by atoms with Gasteiger partial charge < -0.3 is 15.2 Å². The fourth-order valence-corrected chi connectivity index (χ4v) is 1.91. The van der Waals surface area contributed by atoms with Crippen LogP contribution in [0.4, 0.5) is 0 Å². The van der Waals surface area contributed by atoms with E-state index in [4.69, 9.17) is 9.84 Å². The number of carboxylic acid groups (broad SMARTS) is 1. The van der Waals surface area contributed by atoms with Gasteiger partial charge in [0.15, 0.2) is 0 Å². The largest absolute Gasteiger partial charge is 0.497 e. The molecule has 0 bridgehead atoms. The van der Waals surface area contributed by atoms with Crippen LogP contribution in [0.2, 0.25) is 0 Å². The van der Waals surface area contributed by atoms with Gasteiger partial charge in [-0.2, -0.15) is 0 Å². The maximum absolute atomic E-state index is 11.9. The van der Waals surface area contributed by atoms with Crippen molar-refractivity contribution in [1.82, 2.24) is 5.32 Å². The van der Waals surface area contributed by atoms with Gasteiger partial charge in [-0.25, -0.2) is 4.79 Å². The molecule has 1 atom stereocenters. The summed E-state index contributed by atoms with van der Waals surface area (Å²) >= 11 is 0.